The van der Waals surface area contributed by atoms with Gasteiger partial charge < -0.3 is 14.5 Å². The monoisotopic (exact) mass is 378 g/mol. The number of anilines is 1. The number of aryl methyl sites for hydroxylation is 1. The third-order valence-corrected chi connectivity index (χ3v) is 4.20. The molecule has 0 bridgehead atoms. The lowest BCUT2D eigenvalue weighted by Crippen LogP contribution is -1.98. The summed E-state index contributed by atoms with van der Waals surface area (Å²) >= 11 is 12.4. The van der Waals surface area contributed by atoms with Crippen molar-refractivity contribution < 1.29 is 9.47 Å². The maximum atomic E-state index is 6.25. The van der Waals surface area contributed by atoms with Gasteiger partial charge in [0.1, 0.15) is 10.8 Å². The molecule has 2 N–H and O–H groups in total. The van der Waals surface area contributed by atoms with Crippen molar-refractivity contribution in [1.82, 2.24) is 9.97 Å². The second-order valence-corrected chi connectivity index (χ2v) is 6.09. The summed E-state index contributed by atoms with van der Waals surface area (Å²) in [4.78, 5) is 7.56. The molecule has 0 aliphatic carbocycles. The molecule has 0 fully saturated rings. The maximum absolute atomic E-state index is 6.25. The number of halogens is 2. The number of hydrogen-bond acceptors (Lipinski definition) is 5. The predicted octanol–water partition coefficient (Wildman–Crippen LogP) is 4.64. The summed E-state index contributed by atoms with van der Waals surface area (Å²) in [6.07, 6.45) is 1.55. The smallest absolute Gasteiger partial charge is 0.222 e. The van der Waals surface area contributed by atoms with Crippen molar-refractivity contribution in [2.45, 2.75) is 6.92 Å². The first-order valence-electron chi connectivity index (χ1n) is 7.39. The van der Waals surface area contributed by atoms with Crippen molar-refractivity contribution in [3.8, 4) is 11.5 Å². The lowest BCUT2D eigenvalue weighted by molar-refractivity contribution is 0.394. The van der Waals surface area contributed by atoms with Crippen molar-refractivity contribution in [3.63, 3.8) is 0 Å². The second-order valence-electron chi connectivity index (χ2n) is 5.30. The first-order valence-corrected chi connectivity index (χ1v) is 8.14. The van der Waals surface area contributed by atoms with E-state index >= 15 is 0 Å². The summed E-state index contributed by atoms with van der Waals surface area (Å²) < 4.78 is 10.5. The molecule has 0 spiro atoms. The molecule has 3 rings (SSSR count). The van der Waals surface area contributed by atoms with Crippen LogP contribution < -0.4 is 14.9 Å². The molecule has 1 heterocycles. The highest BCUT2D eigenvalue weighted by Gasteiger charge is 2.16. The Bertz CT molecular complexity index is 953. The molecule has 3 aromatic rings. The average molecular weight is 379 g/mol. The number of benzene rings is 2. The molecule has 0 radical (unpaired) electrons. The Balaban J connectivity index is 1.86. The predicted molar refractivity (Wildman–Crippen MR) is 102 cm³/mol. The highest BCUT2D eigenvalue weighted by atomic mass is 35.5. The van der Waals surface area contributed by atoms with Gasteiger partial charge in [-0.05, 0) is 30.7 Å². The molecular weight excluding hydrogens is 363 g/mol. The SMILES string of the molecule is COc1c(Cl)cc(/C=N\Nc2nc3ccc(C)cc3[nH]2)c(OC)c1Cl. The normalized spacial score (nSPS) is 11.2. The molecule has 0 unspecified atom stereocenters. The molecule has 6 nitrogen and oxygen atoms in total. The van der Waals surface area contributed by atoms with E-state index in [2.05, 4.69) is 20.5 Å². The van der Waals surface area contributed by atoms with Gasteiger partial charge in [0.2, 0.25) is 5.95 Å². The lowest BCUT2D eigenvalue weighted by Gasteiger charge is -2.12. The van der Waals surface area contributed by atoms with Gasteiger partial charge in [-0.1, -0.05) is 29.3 Å². The van der Waals surface area contributed by atoms with E-state index < -0.39 is 0 Å². The third kappa shape index (κ3) is 3.50. The van der Waals surface area contributed by atoms with E-state index in [-0.39, 0.29) is 5.02 Å². The van der Waals surface area contributed by atoms with Crippen molar-refractivity contribution in [2.75, 3.05) is 19.6 Å². The molecule has 0 aliphatic heterocycles. The zero-order valence-electron chi connectivity index (χ0n) is 13.9. The second kappa shape index (κ2) is 7.21. The minimum Gasteiger partial charge on any atom is -0.494 e. The number of imidazole rings is 1. The number of ether oxygens (including phenoxy) is 2. The Morgan fingerprint density at radius 3 is 2.64 bits per heavy atom. The quantitative estimate of drug-likeness (QED) is 0.500. The summed E-state index contributed by atoms with van der Waals surface area (Å²) in [6.45, 7) is 2.02. The largest absolute Gasteiger partial charge is 0.494 e. The standard InChI is InChI=1S/C17H16Cl2N4O2/c1-9-4-5-12-13(6-9)22-17(21-12)23-20-8-10-7-11(18)16(25-3)14(19)15(10)24-2/h4-8H,1-3H3,(H2,21,22,23)/b20-8-. The van der Waals surface area contributed by atoms with Gasteiger partial charge in [0.15, 0.2) is 5.75 Å². The van der Waals surface area contributed by atoms with Gasteiger partial charge in [0, 0.05) is 5.56 Å². The van der Waals surface area contributed by atoms with E-state index in [1.165, 1.54) is 14.2 Å². The van der Waals surface area contributed by atoms with Crippen LogP contribution in [0.4, 0.5) is 5.95 Å². The van der Waals surface area contributed by atoms with Crippen LogP contribution in [0.25, 0.3) is 11.0 Å². The Morgan fingerprint density at radius 1 is 1.16 bits per heavy atom. The fourth-order valence-corrected chi connectivity index (χ4v) is 3.13. The van der Waals surface area contributed by atoms with E-state index in [9.17, 15) is 0 Å². The molecule has 130 valence electrons. The Kier molecular flexibility index (Phi) is 5.01. The van der Waals surface area contributed by atoms with Gasteiger partial charge in [-0.25, -0.2) is 10.4 Å². The number of nitrogens with zero attached hydrogens (tertiary/aromatic N) is 2. The molecule has 2 aromatic carbocycles. The summed E-state index contributed by atoms with van der Waals surface area (Å²) in [7, 11) is 3.01. The maximum Gasteiger partial charge on any atom is 0.222 e. The number of methoxy groups -OCH3 is 2. The van der Waals surface area contributed by atoms with E-state index in [0.29, 0.717) is 28.0 Å². The van der Waals surface area contributed by atoms with Crippen LogP contribution in [0.3, 0.4) is 0 Å². The summed E-state index contributed by atoms with van der Waals surface area (Å²) in [5.74, 6) is 1.31. The van der Waals surface area contributed by atoms with Gasteiger partial charge in [0.25, 0.3) is 0 Å². The zero-order valence-corrected chi connectivity index (χ0v) is 15.4. The minimum absolute atomic E-state index is 0.290. The number of rotatable bonds is 5. The van der Waals surface area contributed by atoms with Gasteiger partial charge >= 0.3 is 0 Å². The number of H-pyrrole nitrogens is 1. The fraction of sp³-hybridized carbons (Fsp3) is 0.176. The number of nitrogens with one attached hydrogen (secondary N) is 2. The Morgan fingerprint density at radius 2 is 1.92 bits per heavy atom. The molecule has 0 aliphatic rings. The first kappa shape index (κ1) is 17.4. The van der Waals surface area contributed by atoms with Crippen molar-refractivity contribution in [2.24, 2.45) is 5.10 Å². The fourth-order valence-electron chi connectivity index (χ4n) is 2.43. The molecule has 8 heteroatoms. The molecule has 0 saturated heterocycles. The van der Waals surface area contributed by atoms with E-state index in [4.69, 9.17) is 32.7 Å². The van der Waals surface area contributed by atoms with Crippen LogP contribution in [-0.4, -0.2) is 30.4 Å². The minimum atomic E-state index is 0.290. The van der Waals surface area contributed by atoms with E-state index in [1.807, 2.05) is 25.1 Å². The van der Waals surface area contributed by atoms with Crippen LogP contribution in [0.5, 0.6) is 11.5 Å². The van der Waals surface area contributed by atoms with Crippen LogP contribution in [-0.2, 0) is 0 Å². The summed E-state index contributed by atoms with van der Waals surface area (Å²) in [5, 5.41) is 4.83. The highest BCUT2D eigenvalue weighted by Crippen LogP contribution is 2.41. The number of aromatic nitrogens is 2. The van der Waals surface area contributed by atoms with Crippen LogP contribution in [0.1, 0.15) is 11.1 Å². The van der Waals surface area contributed by atoms with Crippen LogP contribution >= 0.6 is 23.2 Å². The number of fused-ring (bicyclic) bond motifs is 1. The molecule has 0 amide bonds. The topological polar surface area (TPSA) is 71.5 Å². The molecular formula is C17H16Cl2N4O2. The first-order chi connectivity index (χ1) is 12.0. The van der Waals surface area contributed by atoms with Crippen molar-refractivity contribution in [1.29, 1.82) is 0 Å². The molecule has 1 aromatic heterocycles. The van der Waals surface area contributed by atoms with E-state index in [1.54, 1.807) is 12.3 Å². The molecule has 0 atom stereocenters. The number of hydrazone groups is 1. The lowest BCUT2D eigenvalue weighted by atomic mass is 10.2. The molecule has 0 saturated carbocycles. The third-order valence-electron chi connectivity index (χ3n) is 3.58. The van der Waals surface area contributed by atoms with Crippen LogP contribution in [0.15, 0.2) is 29.4 Å². The van der Waals surface area contributed by atoms with Gasteiger partial charge in [0.05, 0.1) is 36.5 Å². The summed E-state index contributed by atoms with van der Waals surface area (Å²) in [5.41, 5.74) is 6.40. The van der Waals surface area contributed by atoms with Gasteiger partial charge in [-0.15, -0.1) is 0 Å². The van der Waals surface area contributed by atoms with Crippen LogP contribution in [0, 0.1) is 6.92 Å². The Hall–Kier alpha value is -2.44. The number of aromatic amines is 1. The Labute approximate surface area is 154 Å². The van der Waals surface area contributed by atoms with Gasteiger partial charge in [-0.3, -0.25) is 0 Å². The van der Waals surface area contributed by atoms with Crippen LogP contribution in [0.2, 0.25) is 10.0 Å². The zero-order chi connectivity index (χ0) is 18.0. The van der Waals surface area contributed by atoms with Crippen molar-refractivity contribution in [3.05, 3.63) is 45.4 Å². The highest BCUT2D eigenvalue weighted by molar-refractivity contribution is 6.38. The average Bonchev–Trinajstić information content (AvgIpc) is 2.97. The van der Waals surface area contributed by atoms with E-state index in [0.717, 1.165) is 16.6 Å². The number of hydrogen-bond donors (Lipinski definition) is 2. The summed E-state index contributed by atoms with van der Waals surface area (Å²) in [6, 6.07) is 7.63. The van der Waals surface area contributed by atoms with Crippen molar-refractivity contribution >= 4 is 46.4 Å². The molecule has 25 heavy (non-hydrogen) atoms. The van der Waals surface area contributed by atoms with Gasteiger partial charge in [-0.2, -0.15) is 5.10 Å².